The van der Waals surface area contributed by atoms with E-state index in [4.69, 9.17) is 0 Å². The SMILES string of the molecule is CC1CN(C=O)CC(C)S1. The van der Waals surface area contributed by atoms with Crippen LogP contribution in [-0.4, -0.2) is 34.9 Å². The van der Waals surface area contributed by atoms with Crippen molar-refractivity contribution in [1.82, 2.24) is 4.90 Å². The zero-order valence-electron chi connectivity index (χ0n) is 6.41. The summed E-state index contributed by atoms with van der Waals surface area (Å²) in [7, 11) is 0. The minimum atomic E-state index is 0.606. The maximum absolute atomic E-state index is 10.4. The first-order valence-corrected chi connectivity index (χ1v) is 4.51. The highest BCUT2D eigenvalue weighted by Gasteiger charge is 2.20. The van der Waals surface area contributed by atoms with Crippen molar-refractivity contribution in [2.24, 2.45) is 0 Å². The van der Waals surface area contributed by atoms with Crippen molar-refractivity contribution in [3.63, 3.8) is 0 Å². The average molecular weight is 159 g/mol. The van der Waals surface area contributed by atoms with E-state index in [0.717, 1.165) is 19.5 Å². The molecule has 0 saturated carbocycles. The van der Waals surface area contributed by atoms with Crippen molar-refractivity contribution < 1.29 is 4.79 Å². The monoisotopic (exact) mass is 159 g/mol. The second-order valence-corrected chi connectivity index (χ2v) is 4.70. The predicted octanol–water partition coefficient (Wildman–Crippen LogP) is 0.969. The topological polar surface area (TPSA) is 20.3 Å². The van der Waals surface area contributed by atoms with Gasteiger partial charge in [0.25, 0.3) is 0 Å². The van der Waals surface area contributed by atoms with E-state index in [2.05, 4.69) is 13.8 Å². The molecule has 1 rings (SSSR count). The highest BCUT2D eigenvalue weighted by Crippen LogP contribution is 2.23. The summed E-state index contributed by atoms with van der Waals surface area (Å²) in [4.78, 5) is 12.2. The Morgan fingerprint density at radius 3 is 2.30 bits per heavy atom. The van der Waals surface area contributed by atoms with Crippen molar-refractivity contribution in [1.29, 1.82) is 0 Å². The molecule has 0 N–H and O–H groups in total. The summed E-state index contributed by atoms with van der Waals surface area (Å²) >= 11 is 1.96. The molecule has 1 saturated heterocycles. The van der Waals surface area contributed by atoms with Crippen molar-refractivity contribution in [2.45, 2.75) is 24.3 Å². The van der Waals surface area contributed by atoms with Crippen LogP contribution in [0.1, 0.15) is 13.8 Å². The Morgan fingerprint density at radius 2 is 1.90 bits per heavy atom. The fourth-order valence-corrected chi connectivity index (χ4v) is 2.65. The number of rotatable bonds is 1. The van der Waals surface area contributed by atoms with E-state index >= 15 is 0 Å². The first-order valence-electron chi connectivity index (χ1n) is 3.57. The minimum absolute atomic E-state index is 0.606. The Kier molecular flexibility index (Phi) is 2.60. The van der Waals surface area contributed by atoms with Gasteiger partial charge in [-0.1, -0.05) is 13.8 Å². The molecule has 0 aliphatic carbocycles. The lowest BCUT2D eigenvalue weighted by Crippen LogP contribution is -2.39. The maximum atomic E-state index is 10.4. The molecule has 0 aromatic carbocycles. The fraction of sp³-hybridized carbons (Fsp3) is 0.857. The molecule has 0 spiro atoms. The molecule has 1 fully saturated rings. The van der Waals surface area contributed by atoms with Gasteiger partial charge in [-0.2, -0.15) is 11.8 Å². The van der Waals surface area contributed by atoms with Crippen LogP contribution in [0.15, 0.2) is 0 Å². The highest BCUT2D eigenvalue weighted by atomic mass is 32.2. The van der Waals surface area contributed by atoms with Gasteiger partial charge in [0.05, 0.1) is 0 Å². The third kappa shape index (κ3) is 1.90. The van der Waals surface area contributed by atoms with Gasteiger partial charge < -0.3 is 4.90 Å². The van der Waals surface area contributed by atoms with Gasteiger partial charge in [-0.25, -0.2) is 0 Å². The highest BCUT2D eigenvalue weighted by molar-refractivity contribution is 8.00. The summed E-state index contributed by atoms with van der Waals surface area (Å²) < 4.78 is 0. The third-order valence-electron chi connectivity index (χ3n) is 1.60. The molecule has 0 radical (unpaired) electrons. The largest absolute Gasteiger partial charge is 0.343 e. The lowest BCUT2D eigenvalue weighted by molar-refractivity contribution is -0.118. The molecular weight excluding hydrogens is 146 g/mol. The Morgan fingerprint density at radius 1 is 1.40 bits per heavy atom. The predicted molar refractivity (Wildman–Crippen MR) is 44.2 cm³/mol. The maximum Gasteiger partial charge on any atom is 0.209 e. The Balaban J connectivity index is 2.42. The van der Waals surface area contributed by atoms with Crippen LogP contribution in [0.25, 0.3) is 0 Å². The first-order chi connectivity index (χ1) is 4.72. The number of carbonyl (C=O) groups excluding carboxylic acids is 1. The van der Waals surface area contributed by atoms with Crippen LogP contribution in [0.2, 0.25) is 0 Å². The number of carbonyl (C=O) groups is 1. The number of hydrogen-bond acceptors (Lipinski definition) is 2. The number of nitrogens with zero attached hydrogens (tertiary/aromatic N) is 1. The van der Waals surface area contributed by atoms with Gasteiger partial charge in [0.1, 0.15) is 0 Å². The number of amides is 1. The number of thioether (sulfide) groups is 1. The minimum Gasteiger partial charge on any atom is -0.343 e. The van der Waals surface area contributed by atoms with Gasteiger partial charge in [-0.05, 0) is 0 Å². The summed E-state index contributed by atoms with van der Waals surface area (Å²) in [6.07, 6.45) is 0.951. The van der Waals surface area contributed by atoms with E-state index in [1.54, 1.807) is 0 Å². The molecule has 1 aliphatic rings. The summed E-state index contributed by atoms with van der Waals surface area (Å²) in [6.45, 7) is 6.16. The zero-order chi connectivity index (χ0) is 7.56. The average Bonchev–Trinajstić information content (AvgIpc) is 1.85. The molecule has 1 amide bonds. The molecule has 2 atom stereocenters. The van der Waals surface area contributed by atoms with Crippen LogP contribution in [-0.2, 0) is 4.79 Å². The van der Waals surface area contributed by atoms with Gasteiger partial charge >= 0.3 is 0 Å². The van der Waals surface area contributed by atoms with E-state index < -0.39 is 0 Å². The molecule has 2 nitrogen and oxygen atoms in total. The summed E-state index contributed by atoms with van der Waals surface area (Å²) in [5.41, 5.74) is 0. The summed E-state index contributed by atoms with van der Waals surface area (Å²) in [5, 5.41) is 1.21. The molecule has 1 heterocycles. The van der Waals surface area contributed by atoms with Crippen LogP contribution >= 0.6 is 11.8 Å². The molecule has 1 aliphatic heterocycles. The second kappa shape index (κ2) is 3.28. The Labute approximate surface area is 66.0 Å². The molecular formula is C7H13NOS. The molecule has 0 aromatic rings. The molecule has 2 unspecified atom stereocenters. The fourth-order valence-electron chi connectivity index (χ4n) is 1.30. The molecule has 58 valence electrons. The third-order valence-corrected chi connectivity index (χ3v) is 2.82. The Hall–Kier alpha value is -0.180. The normalized spacial score (nSPS) is 34.0. The molecule has 0 aromatic heterocycles. The zero-order valence-corrected chi connectivity index (χ0v) is 7.23. The van der Waals surface area contributed by atoms with E-state index in [-0.39, 0.29) is 0 Å². The van der Waals surface area contributed by atoms with Crippen LogP contribution in [0, 0.1) is 0 Å². The van der Waals surface area contributed by atoms with Crippen molar-refractivity contribution in [2.75, 3.05) is 13.1 Å². The second-order valence-electron chi connectivity index (χ2n) is 2.82. The van der Waals surface area contributed by atoms with E-state index in [0.29, 0.717) is 10.5 Å². The number of hydrogen-bond donors (Lipinski definition) is 0. The van der Waals surface area contributed by atoms with Gasteiger partial charge in [0.2, 0.25) is 6.41 Å². The van der Waals surface area contributed by atoms with Crippen LogP contribution in [0.5, 0.6) is 0 Å². The van der Waals surface area contributed by atoms with Crippen LogP contribution in [0.4, 0.5) is 0 Å². The van der Waals surface area contributed by atoms with Crippen LogP contribution in [0.3, 0.4) is 0 Å². The summed E-state index contributed by atoms with van der Waals surface area (Å²) in [6, 6.07) is 0. The molecule has 0 bridgehead atoms. The smallest absolute Gasteiger partial charge is 0.209 e. The lowest BCUT2D eigenvalue weighted by Gasteiger charge is -2.31. The van der Waals surface area contributed by atoms with E-state index in [1.165, 1.54) is 0 Å². The van der Waals surface area contributed by atoms with Crippen molar-refractivity contribution in [3.8, 4) is 0 Å². The van der Waals surface area contributed by atoms with Gasteiger partial charge in [0, 0.05) is 23.6 Å². The Bertz CT molecular complexity index is 119. The van der Waals surface area contributed by atoms with Gasteiger partial charge in [-0.3, -0.25) is 4.79 Å². The van der Waals surface area contributed by atoms with Crippen molar-refractivity contribution in [3.05, 3.63) is 0 Å². The van der Waals surface area contributed by atoms with E-state index in [1.807, 2.05) is 16.7 Å². The van der Waals surface area contributed by atoms with Crippen LogP contribution < -0.4 is 0 Å². The summed E-state index contributed by atoms with van der Waals surface area (Å²) in [5.74, 6) is 0. The quantitative estimate of drug-likeness (QED) is 0.531. The van der Waals surface area contributed by atoms with Gasteiger partial charge in [-0.15, -0.1) is 0 Å². The van der Waals surface area contributed by atoms with Gasteiger partial charge in [0.15, 0.2) is 0 Å². The lowest BCUT2D eigenvalue weighted by atomic mass is 10.3. The van der Waals surface area contributed by atoms with E-state index in [9.17, 15) is 4.79 Å². The first kappa shape index (κ1) is 7.92. The molecule has 10 heavy (non-hydrogen) atoms. The standard InChI is InChI=1S/C7H13NOS/c1-6-3-8(5-9)4-7(2)10-6/h5-7H,3-4H2,1-2H3. The molecule has 3 heteroatoms. The van der Waals surface area contributed by atoms with Crippen molar-refractivity contribution >= 4 is 18.2 Å².